The lowest BCUT2D eigenvalue weighted by atomic mass is 10.2. The molecule has 3 heteroatoms. The van der Waals surface area contributed by atoms with Crippen molar-refractivity contribution in [1.29, 1.82) is 0 Å². The monoisotopic (exact) mass is 213 g/mol. The fourth-order valence-electron chi connectivity index (χ4n) is 1.52. The number of allylic oxidation sites excluding steroid dienone is 1. The Morgan fingerprint density at radius 2 is 2.38 bits per heavy atom. The summed E-state index contributed by atoms with van der Waals surface area (Å²) in [5, 5.41) is 3.32. The van der Waals surface area contributed by atoms with Crippen LogP contribution in [0.1, 0.15) is 12.0 Å². The molecule has 0 atom stereocenters. The van der Waals surface area contributed by atoms with Crippen LogP contribution in [0.2, 0.25) is 0 Å². The summed E-state index contributed by atoms with van der Waals surface area (Å²) < 4.78 is 0. The Bertz CT molecular complexity index is 444. The van der Waals surface area contributed by atoms with Crippen molar-refractivity contribution in [2.45, 2.75) is 13.3 Å². The van der Waals surface area contributed by atoms with E-state index in [0.717, 1.165) is 24.3 Å². The summed E-state index contributed by atoms with van der Waals surface area (Å²) in [6, 6.07) is 3.99. The molecule has 82 valence electrons. The summed E-state index contributed by atoms with van der Waals surface area (Å²) >= 11 is 0. The fourth-order valence-corrected chi connectivity index (χ4v) is 1.52. The van der Waals surface area contributed by atoms with Crippen molar-refractivity contribution in [1.82, 2.24) is 4.98 Å². The minimum absolute atomic E-state index is 0.789. The van der Waals surface area contributed by atoms with Crippen LogP contribution in [0.25, 0.3) is 0 Å². The van der Waals surface area contributed by atoms with Crippen LogP contribution >= 0.6 is 0 Å². The lowest BCUT2D eigenvalue weighted by molar-refractivity contribution is 1.16. The lowest BCUT2D eigenvalue weighted by Gasteiger charge is -2.08. The highest BCUT2D eigenvalue weighted by atomic mass is 15.0. The first-order chi connectivity index (χ1) is 7.86. The molecule has 0 aromatic carbocycles. The number of nitrogens with zero attached hydrogens (tertiary/aromatic N) is 2. The first kappa shape index (κ1) is 10.6. The van der Waals surface area contributed by atoms with Crippen LogP contribution in [0, 0.1) is 6.92 Å². The second-order valence-corrected chi connectivity index (χ2v) is 3.68. The van der Waals surface area contributed by atoms with E-state index in [9.17, 15) is 0 Å². The van der Waals surface area contributed by atoms with Crippen LogP contribution in [-0.4, -0.2) is 17.7 Å². The van der Waals surface area contributed by atoms with Crippen molar-refractivity contribution in [2.75, 3.05) is 11.9 Å². The first-order valence-corrected chi connectivity index (χ1v) is 5.39. The van der Waals surface area contributed by atoms with E-state index in [2.05, 4.69) is 34.4 Å². The minimum Gasteiger partial charge on any atom is -0.366 e. The van der Waals surface area contributed by atoms with Crippen molar-refractivity contribution >= 4 is 12.0 Å². The first-order valence-electron chi connectivity index (χ1n) is 5.39. The van der Waals surface area contributed by atoms with Crippen molar-refractivity contribution in [3.8, 4) is 0 Å². The predicted molar refractivity (Wildman–Crippen MR) is 67.8 cm³/mol. The number of hydrogen-bond acceptors (Lipinski definition) is 3. The molecule has 0 spiro atoms. The molecule has 3 nitrogen and oxygen atoms in total. The van der Waals surface area contributed by atoms with Gasteiger partial charge in [-0.15, -0.1) is 0 Å². The van der Waals surface area contributed by atoms with Gasteiger partial charge in [-0.1, -0.05) is 12.1 Å². The van der Waals surface area contributed by atoms with E-state index >= 15 is 0 Å². The molecular formula is C13H15N3. The zero-order valence-electron chi connectivity index (χ0n) is 9.35. The van der Waals surface area contributed by atoms with E-state index in [4.69, 9.17) is 0 Å². The minimum atomic E-state index is 0.789. The molecule has 0 aliphatic carbocycles. The van der Waals surface area contributed by atoms with E-state index in [1.54, 1.807) is 6.20 Å². The fraction of sp³-hybridized carbons (Fsp3) is 0.231. The molecule has 0 unspecified atom stereocenters. The molecule has 2 rings (SSSR count). The maximum absolute atomic E-state index is 4.29. The number of aliphatic imine (C=N–C) groups is 1. The molecule has 0 radical (unpaired) electrons. The highest BCUT2D eigenvalue weighted by molar-refractivity contribution is 5.62. The van der Waals surface area contributed by atoms with Crippen LogP contribution in [0.5, 0.6) is 0 Å². The number of rotatable bonds is 3. The number of aromatic nitrogens is 1. The highest BCUT2D eigenvalue weighted by Crippen LogP contribution is 2.11. The SMILES string of the molecule is Cc1cccnc1NCC1=CCC=NC=C1. The predicted octanol–water partition coefficient (Wildman–Crippen LogP) is 2.72. The highest BCUT2D eigenvalue weighted by Gasteiger charge is 1.99. The molecule has 16 heavy (non-hydrogen) atoms. The van der Waals surface area contributed by atoms with Gasteiger partial charge < -0.3 is 5.32 Å². The summed E-state index contributed by atoms with van der Waals surface area (Å²) in [6.45, 7) is 2.84. The molecule has 0 saturated heterocycles. The van der Waals surface area contributed by atoms with E-state index < -0.39 is 0 Å². The standard InChI is InChI=1S/C13H15N3/c1-11-4-2-8-15-13(11)16-10-12-5-3-7-14-9-6-12/h2,4-9H,3,10H2,1H3,(H,15,16). The van der Waals surface area contributed by atoms with Gasteiger partial charge >= 0.3 is 0 Å². The average Bonchev–Trinajstić information content (AvgIpc) is 2.56. The molecule has 1 aliphatic heterocycles. The third kappa shape index (κ3) is 2.79. The van der Waals surface area contributed by atoms with Crippen LogP contribution in [0.3, 0.4) is 0 Å². The van der Waals surface area contributed by atoms with Gasteiger partial charge in [0.2, 0.25) is 0 Å². The van der Waals surface area contributed by atoms with Crippen molar-refractivity contribution < 1.29 is 0 Å². The summed E-state index contributed by atoms with van der Waals surface area (Å²) in [5.41, 5.74) is 2.40. The van der Waals surface area contributed by atoms with Gasteiger partial charge in [0.05, 0.1) is 0 Å². The van der Waals surface area contributed by atoms with E-state index in [-0.39, 0.29) is 0 Å². The van der Waals surface area contributed by atoms with Crippen LogP contribution < -0.4 is 5.32 Å². The normalized spacial score (nSPS) is 14.4. The zero-order valence-corrected chi connectivity index (χ0v) is 9.35. The molecule has 1 N–H and O–H groups in total. The molecule has 0 fully saturated rings. The smallest absolute Gasteiger partial charge is 0.129 e. The van der Waals surface area contributed by atoms with Crippen molar-refractivity contribution in [3.63, 3.8) is 0 Å². The van der Waals surface area contributed by atoms with Crippen molar-refractivity contribution in [2.24, 2.45) is 4.99 Å². The second-order valence-electron chi connectivity index (χ2n) is 3.68. The Hall–Kier alpha value is -1.90. The molecular weight excluding hydrogens is 198 g/mol. The number of nitrogens with one attached hydrogen (secondary N) is 1. The van der Waals surface area contributed by atoms with Gasteiger partial charge in [-0.3, -0.25) is 4.99 Å². The van der Waals surface area contributed by atoms with Crippen molar-refractivity contribution in [3.05, 3.63) is 47.8 Å². The largest absolute Gasteiger partial charge is 0.366 e. The third-order valence-electron chi connectivity index (χ3n) is 2.43. The Morgan fingerprint density at radius 3 is 3.25 bits per heavy atom. The van der Waals surface area contributed by atoms with Crippen LogP contribution in [-0.2, 0) is 0 Å². The second kappa shape index (κ2) is 5.26. The van der Waals surface area contributed by atoms with E-state index in [0.29, 0.717) is 0 Å². The maximum atomic E-state index is 4.29. The molecule has 0 amide bonds. The molecule has 1 aliphatic rings. The number of anilines is 1. The zero-order chi connectivity index (χ0) is 11.2. The molecule has 0 saturated carbocycles. The Kier molecular flexibility index (Phi) is 3.49. The molecule has 2 heterocycles. The number of pyridine rings is 1. The quantitative estimate of drug-likeness (QED) is 0.838. The number of hydrogen-bond donors (Lipinski definition) is 1. The topological polar surface area (TPSA) is 37.3 Å². The lowest BCUT2D eigenvalue weighted by Crippen LogP contribution is -2.06. The number of aryl methyl sites for hydroxylation is 1. The Morgan fingerprint density at radius 1 is 1.44 bits per heavy atom. The molecule has 1 aromatic rings. The van der Waals surface area contributed by atoms with E-state index in [1.165, 1.54) is 5.57 Å². The van der Waals surface area contributed by atoms with Gasteiger partial charge in [0.15, 0.2) is 0 Å². The third-order valence-corrected chi connectivity index (χ3v) is 2.43. The molecule has 1 aromatic heterocycles. The maximum Gasteiger partial charge on any atom is 0.129 e. The van der Waals surface area contributed by atoms with Gasteiger partial charge in [0.1, 0.15) is 5.82 Å². The summed E-state index contributed by atoms with van der Waals surface area (Å²) in [6.07, 6.45) is 10.6. The van der Waals surface area contributed by atoms with Gasteiger partial charge in [-0.05, 0) is 30.2 Å². The summed E-state index contributed by atoms with van der Waals surface area (Å²) in [5.74, 6) is 0.946. The van der Waals surface area contributed by atoms with Crippen LogP contribution in [0.4, 0.5) is 5.82 Å². The van der Waals surface area contributed by atoms with Crippen LogP contribution in [0.15, 0.2) is 47.2 Å². The molecule has 0 bridgehead atoms. The van der Waals surface area contributed by atoms with Gasteiger partial charge in [0.25, 0.3) is 0 Å². The Balaban J connectivity index is 1.97. The average molecular weight is 213 g/mol. The van der Waals surface area contributed by atoms with Gasteiger partial charge in [-0.2, -0.15) is 0 Å². The Labute approximate surface area is 95.6 Å². The van der Waals surface area contributed by atoms with Gasteiger partial charge in [0, 0.05) is 31.6 Å². The van der Waals surface area contributed by atoms with Gasteiger partial charge in [-0.25, -0.2) is 4.98 Å². The summed E-state index contributed by atoms with van der Waals surface area (Å²) in [7, 11) is 0. The summed E-state index contributed by atoms with van der Waals surface area (Å²) in [4.78, 5) is 8.39. The van der Waals surface area contributed by atoms with E-state index in [1.807, 2.05) is 24.6 Å².